The zero-order chi connectivity index (χ0) is 12.3. The van der Waals surface area contributed by atoms with E-state index in [9.17, 15) is 0 Å². The molecule has 2 unspecified atom stereocenters. The maximum atomic E-state index is 5.60. The van der Waals surface area contributed by atoms with E-state index in [1.165, 1.54) is 51.4 Å². The van der Waals surface area contributed by atoms with Crippen LogP contribution in [-0.4, -0.2) is 25.4 Å². The Hall–Kier alpha value is -0.0800. The second-order valence-corrected chi connectivity index (χ2v) is 5.26. The Kier molecular flexibility index (Phi) is 8.72. The van der Waals surface area contributed by atoms with Gasteiger partial charge in [0.25, 0.3) is 0 Å². The second-order valence-electron chi connectivity index (χ2n) is 5.26. The van der Waals surface area contributed by atoms with E-state index < -0.39 is 0 Å². The minimum atomic E-state index is 0.488. The van der Waals surface area contributed by atoms with E-state index in [0.717, 1.165) is 19.6 Å². The summed E-state index contributed by atoms with van der Waals surface area (Å²) in [4.78, 5) is 0. The maximum Gasteiger partial charge on any atom is 0.0860 e. The van der Waals surface area contributed by atoms with Crippen molar-refractivity contribution >= 4 is 0 Å². The molecule has 0 radical (unpaired) electrons. The summed E-state index contributed by atoms with van der Waals surface area (Å²) in [6.07, 6.45) is 13.0. The molecule has 0 aromatic rings. The van der Waals surface area contributed by atoms with Gasteiger partial charge < -0.3 is 9.47 Å². The van der Waals surface area contributed by atoms with Gasteiger partial charge in [-0.15, -0.1) is 0 Å². The maximum absolute atomic E-state index is 5.60. The van der Waals surface area contributed by atoms with Gasteiger partial charge >= 0.3 is 0 Å². The lowest BCUT2D eigenvalue weighted by molar-refractivity contribution is 0.121. The van der Waals surface area contributed by atoms with Crippen LogP contribution in [0.15, 0.2) is 0 Å². The number of unbranched alkanes of at least 4 members (excludes halogenated alkanes) is 7. The first-order chi connectivity index (χ1) is 8.34. The van der Waals surface area contributed by atoms with Crippen molar-refractivity contribution in [3.05, 3.63) is 0 Å². The van der Waals surface area contributed by atoms with Crippen LogP contribution in [0.3, 0.4) is 0 Å². The summed E-state index contributed by atoms with van der Waals surface area (Å²) >= 11 is 0. The molecule has 0 amide bonds. The van der Waals surface area contributed by atoms with E-state index in [1.807, 2.05) is 0 Å². The monoisotopic (exact) mass is 242 g/mol. The molecule has 1 fully saturated rings. The van der Waals surface area contributed by atoms with Crippen LogP contribution in [0.25, 0.3) is 0 Å². The van der Waals surface area contributed by atoms with Gasteiger partial charge in [0.05, 0.1) is 12.2 Å². The highest BCUT2D eigenvalue weighted by atomic mass is 16.6. The molecule has 1 aliphatic rings. The van der Waals surface area contributed by atoms with Crippen molar-refractivity contribution in [3.8, 4) is 0 Å². The third-order valence-corrected chi connectivity index (χ3v) is 3.53. The molecule has 1 heterocycles. The van der Waals surface area contributed by atoms with Crippen molar-refractivity contribution in [3.63, 3.8) is 0 Å². The van der Waals surface area contributed by atoms with Crippen LogP contribution in [0.5, 0.6) is 0 Å². The van der Waals surface area contributed by atoms with Crippen LogP contribution in [-0.2, 0) is 9.47 Å². The molecule has 102 valence electrons. The standard InChI is InChI=1S/C15H30O2/c1-3-4-5-6-7-8-9-10-12-16-13-11-15-14(2)17-15/h14-15H,3-13H2,1-2H3. The van der Waals surface area contributed by atoms with Gasteiger partial charge in [0.15, 0.2) is 0 Å². The fourth-order valence-corrected chi connectivity index (χ4v) is 2.17. The van der Waals surface area contributed by atoms with E-state index in [0.29, 0.717) is 12.2 Å². The molecule has 2 nitrogen and oxygen atoms in total. The Bertz CT molecular complexity index is 170. The largest absolute Gasteiger partial charge is 0.381 e. The Labute approximate surface area is 107 Å². The fourth-order valence-electron chi connectivity index (χ4n) is 2.17. The van der Waals surface area contributed by atoms with Gasteiger partial charge in [-0.2, -0.15) is 0 Å². The van der Waals surface area contributed by atoms with Gasteiger partial charge in [-0.3, -0.25) is 0 Å². The fraction of sp³-hybridized carbons (Fsp3) is 1.00. The highest BCUT2D eigenvalue weighted by Crippen LogP contribution is 2.23. The molecule has 17 heavy (non-hydrogen) atoms. The average molecular weight is 242 g/mol. The van der Waals surface area contributed by atoms with E-state index in [-0.39, 0.29) is 0 Å². The normalized spacial score (nSPS) is 22.9. The first-order valence-electron chi connectivity index (χ1n) is 7.57. The van der Waals surface area contributed by atoms with Crippen molar-refractivity contribution in [2.45, 2.75) is 83.8 Å². The highest BCUT2D eigenvalue weighted by molar-refractivity contribution is 4.79. The molecular formula is C15H30O2. The van der Waals surface area contributed by atoms with Gasteiger partial charge in [-0.25, -0.2) is 0 Å². The number of hydrogen-bond acceptors (Lipinski definition) is 2. The van der Waals surface area contributed by atoms with Gasteiger partial charge in [-0.05, 0) is 19.8 Å². The molecule has 0 N–H and O–H groups in total. The van der Waals surface area contributed by atoms with Crippen LogP contribution in [0.4, 0.5) is 0 Å². The summed E-state index contributed by atoms with van der Waals surface area (Å²) in [5.74, 6) is 0. The summed E-state index contributed by atoms with van der Waals surface area (Å²) in [6.45, 7) is 6.22. The van der Waals surface area contributed by atoms with Crippen molar-refractivity contribution in [1.29, 1.82) is 0 Å². The molecule has 0 aromatic heterocycles. The quantitative estimate of drug-likeness (QED) is 0.375. The highest BCUT2D eigenvalue weighted by Gasteiger charge is 2.33. The SMILES string of the molecule is CCCCCCCCCCOCCC1OC1C. The third kappa shape index (κ3) is 8.62. The van der Waals surface area contributed by atoms with E-state index in [2.05, 4.69) is 13.8 Å². The molecule has 0 aliphatic carbocycles. The van der Waals surface area contributed by atoms with E-state index in [1.54, 1.807) is 0 Å². The number of rotatable bonds is 12. The lowest BCUT2D eigenvalue weighted by Gasteiger charge is -2.03. The average Bonchev–Trinajstić information content (AvgIpc) is 3.02. The number of hydrogen-bond donors (Lipinski definition) is 0. The number of ether oxygens (including phenoxy) is 2. The van der Waals surface area contributed by atoms with E-state index in [4.69, 9.17) is 9.47 Å². The summed E-state index contributed by atoms with van der Waals surface area (Å²) < 4.78 is 10.9. The molecule has 0 spiro atoms. The second kappa shape index (κ2) is 9.90. The molecule has 1 aliphatic heterocycles. The lowest BCUT2D eigenvalue weighted by Crippen LogP contribution is -2.01. The summed E-state index contributed by atoms with van der Waals surface area (Å²) in [7, 11) is 0. The molecule has 2 heteroatoms. The number of epoxide rings is 1. The van der Waals surface area contributed by atoms with Crippen molar-refractivity contribution in [2.75, 3.05) is 13.2 Å². The van der Waals surface area contributed by atoms with Crippen LogP contribution in [0, 0.1) is 0 Å². The zero-order valence-corrected chi connectivity index (χ0v) is 11.7. The smallest absolute Gasteiger partial charge is 0.0860 e. The van der Waals surface area contributed by atoms with Crippen molar-refractivity contribution in [1.82, 2.24) is 0 Å². The Balaban J connectivity index is 1.64. The molecular weight excluding hydrogens is 212 g/mol. The molecule has 2 atom stereocenters. The Morgan fingerprint density at radius 3 is 2.06 bits per heavy atom. The van der Waals surface area contributed by atoms with Crippen LogP contribution in [0.2, 0.25) is 0 Å². The molecule has 0 bridgehead atoms. The van der Waals surface area contributed by atoms with Gasteiger partial charge in [-0.1, -0.05) is 51.9 Å². The van der Waals surface area contributed by atoms with Gasteiger partial charge in [0, 0.05) is 13.2 Å². The van der Waals surface area contributed by atoms with Crippen LogP contribution in [0.1, 0.15) is 71.6 Å². The van der Waals surface area contributed by atoms with E-state index >= 15 is 0 Å². The first kappa shape index (κ1) is 15.0. The predicted octanol–water partition coefficient (Wildman–Crippen LogP) is 4.32. The summed E-state index contributed by atoms with van der Waals surface area (Å²) in [6, 6.07) is 0. The molecule has 1 saturated heterocycles. The Morgan fingerprint density at radius 1 is 0.882 bits per heavy atom. The van der Waals surface area contributed by atoms with Crippen molar-refractivity contribution in [2.24, 2.45) is 0 Å². The molecule has 0 saturated carbocycles. The molecule has 0 aromatic carbocycles. The predicted molar refractivity (Wildman–Crippen MR) is 72.4 cm³/mol. The topological polar surface area (TPSA) is 21.8 Å². The first-order valence-corrected chi connectivity index (χ1v) is 7.57. The molecule has 1 rings (SSSR count). The lowest BCUT2D eigenvalue weighted by atomic mass is 10.1. The van der Waals surface area contributed by atoms with Crippen LogP contribution >= 0.6 is 0 Å². The van der Waals surface area contributed by atoms with Crippen molar-refractivity contribution < 1.29 is 9.47 Å². The van der Waals surface area contributed by atoms with Gasteiger partial charge in [0.2, 0.25) is 0 Å². The summed E-state index contributed by atoms with van der Waals surface area (Å²) in [5.41, 5.74) is 0. The Morgan fingerprint density at radius 2 is 1.47 bits per heavy atom. The third-order valence-electron chi connectivity index (χ3n) is 3.53. The zero-order valence-electron chi connectivity index (χ0n) is 11.7. The van der Waals surface area contributed by atoms with Gasteiger partial charge in [0.1, 0.15) is 0 Å². The summed E-state index contributed by atoms with van der Waals surface area (Å²) in [5, 5.41) is 0. The van der Waals surface area contributed by atoms with Crippen LogP contribution < -0.4 is 0 Å². The minimum absolute atomic E-state index is 0.488. The minimum Gasteiger partial charge on any atom is -0.381 e.